The van der Waals surface area contributed by atoms with Gasteiger partial charge in [0.1, 0.15) is 5.75 Å². The molecule has 1 atom stereocenters. The number of hydrogen-bond acceptors (Lipinski definition) is 3. The van der Waals surface area contributed by atoms with Crippen LogP contribution in [-0.2, 0) is 0 Å². The molecular formula is C23H24N4O2. The average molecular weight is 388 g/mol. The lowest BCUT2D eigenvalue weighted by Crippen LogP contribution is -2.47. The highest BCUT2D eigenvalue weighted by molar-refractivity contribution is 6.07. The van der Waals surface area contributed by atoms with Gasteiger partial charge < -0.3 is 14.6 Å². The quantitative estimate of drug-likeness (QED) is 0.563. The van der Waals surface area contributed by atoms with Crippen molar-refractivity contribution in [2.45, 2.75) is 18.8 Å². The molecule has 2 aromatic heterocycles. The molecule has 3 saturated heterocycles. The van der Waals surface area contributed by atoms with Crippen molar-refractivity contribution in [3.05, 3.63) is 58.5 Å². The lowest BCUT2D eigenvalue weighted by Gasteiger charge is -2.44. The Kier molecular flexibility index (Phi) is 3.65. The SMILES string of the molecule is COc1ccc(-n2[nH]c3cc(C4CN5CCC4CC5)c(=O)c4c[nH]cc2c34)cc1. The van der Waals surface area contributed by atoms with Gasteiger partial charge in [-0.1, -0.05) is 0 Å². The summed E-state index contributed by atoms with van der Waals surface area (Å²) >= 11 is 0. The molecule has 3 aliphatic heterocycles. The number of ether oxygens (including phenoxy) is 1. The number of pyridine rings is 1. The minimum Gasteiger partial charge on any atom is -0.497 e. The van der Waals surface area contributed by atoms with E-state index in [-0.39, 0.29) is 5.43 Å². The molecule has 29 heavy (non-hydrogen) atoms. The van der Waals surface area contributed by atoms with Crippen molar-refractivity contribution >= 4 is 21.8 Å². The number of hydrogen-bond donors (Lipinski definition) is 2. The van der Waals surface area contributed by atoms with Crippen molar-refractivity contribution in [1.29, 1.82) is 0 Å². The van der Waals surface area contributed by atoms with Crippen molar-refractivity contribution in [2.24, 2.45) is 5.92 Å². The van der Waals surface area contributed by atoms with Gasteiger partial charge in [-0.2, -0.15) is 0 Å². The Morgan fingerprint density at radius 2 is 1.90 bits per heavy atom. The van der Waals surface area contributed by atoms with E-state index in [9.17, 15) is 4.79 Å². The molecule has 6 nitrogen and oxygen atoms in total. The highest BCUT2D eigenvalue weighted by Crippen LogP contribution is 2.39. The second-order valence-corrected chi connectivity index (χ2v) is 8.36. The minimum absolute atomic E-state index is 0.180. The van der Waals surface area contributed by atoms with Crippen LogP contribution < -0.4 is 10.2 Å². The first-order chi connectivity index (χ1) is 14.2. The van der Waals surface area contributed by atoms with Crippen LogP contribution in [-0.4, -0.2) is 46.4 Å². The fourth-order valence-electron chi connectivity index (χ4n) is 5.37. The number of H-pyrrole nitrogens is 2. The molecule has 4 aromatic rings. The second-order valence-electron chi connectivity index (χ2n) is 8.36. The maximum atomic E-state index is 13.5. The lowest BCUT2D eigenvalue weighted by molar-refractivity contribution is 0.0868. The number of benzene rings is 2. The van der Waals surface area contributed by atoms with Crippen molar-refractivity contribution in [3.8, 4) is 11.4 Å². The molecule has 7 rings (SSSR count). The van der Waals surface area contributed by atoms with Gasteiger partial charge in [0, 0.05) is 41.2 Å². The fourth-order valence-corrected chi connectivity index (χ4v) is 5.37. The molecule has 5 heterocycles. The summed E-state index contributed by atoms with van der Waals surface area (Å²) in [6.07, 6.45) is 6.21. The molecule has 0 saturated carbocycles. The van der Waals surface area contributed by atoms with Crippen molar-refractivity contribution in [3.63, 3.8) is 0 Å². The van der Waals surface area contributed by atoms with Crippen LogP contribution in [0.3, 0.4) is 0 Å². The van der Waals surface area contributed by atoms with E-state index in [0.717, 1.165) is 45.4 Å². The highest BCUT2D eigenvalue weighted by Gasteiger charge is 2.36. The van der Waals surface area contributed by atoms with E-state index in [1.54, 1.807) is 7.11 Å². The number of rotatable bonds is 3. The van der Waals surface area contributed by atoms with Crippen LogP contribution in [0.15, 0.2) is 47.5 Å². The van der Waals surface area contributed by atoms with Crippen LogP contribution in [0, 0.1) is 5.92 Å². The zero-order valence-electron chi connectivity index (χ0n) is 16.4. The Morgan fingerprint density at radius 3 is 2.59 bits per heavy atom. The molecule has 148 valence electrons. The molecule has 3 aliphatic rings. The molecular weight excluding hydrogens is 364 g/mol. The average Bonchev–Trinajstić information content (AvgIpc) is 3.16. The second kappa shape index (κ2) is 6.26. The third-order valence-corrected chi connectivity index (χ3v) is 6.91. The number of methoxy groups -OCH3 is 1. The molecule has 2 N–H and O–H groups in total. The summed E-state index contributed by atoms with van der Waals surface area (Å²) in [6.45, 7) is 3.37. The summed E-state index contributed by atoms with van der Waals surface area (Å²) in [7, 11) is 1.67. The van der Waals surface area contributed by atoms with E-state index in [1.807, 2.05) is 41.3 Å². The standard InChI is InChI=1S/C23H24N4O2/c1-29-16-4-2-15(3-5-16)27-21-12-24-11-18-22(21)20(25-27)10-17(23(18)28)19-13-26-8-6-14(19)7-9-26/h2-5,10-12,14,19,24-25H,6-9,13H2,1H3. The van der Waals surface area contributed by atoms with Gasteiger partial charge in [-0.05, 0) is 62.2 Å². The Bertz CT molecular complexity index is 1260. The Labute approximate surface area is 168 Å². The monoisotopic (exact) mass is 388 g/mol. The molecule has 0 aliphatic carbocycles. The fraction of sp³-hybridized carbons (Fsp3) is 0.348. The number of aromatic amines is 2. The molecule has 0 spiro atoms. The third kappa shape index (κ3) is 2.48. The van der Waals surface area contributed by atoms with Gasteiger partial charge in [0.15, 0.2) is 5.43 Å². The maximum Gasteiger partial charge on any atom is 0.191 e. The van der Waals surface area contributed by atoms with E-state index in [1.165, 1.54) is 25.9 Å². The van der Waals surface area contributed by atoms with Gasteiger partial charge in [0.2, 0.25) is 0 Å². The Morgan fingerprint density at radius 1 is 1.10 bits per heavy atom. The normalized spacial score (nSPS) is 23.8. The van der Waals surface area contributed by atoms with E-state index in [0.29, 0.717) is 11.8 Å². The van der Waals surface area contributed by atoms with Crippen LogP contribution in [0.2, 0.25) is 0 Å². The summed E-state index contributed by atoms with van der Waals surface area (Å²) in [4.78, 5) is 19.2. The molecule has 1 unspecified atom stereocenters. The summed E-state index contributed by atoms with van der Waals surface area (Å²) in [6, 6.07) is 10.0. The van der Waals surface area contributed by atoms with Gasteiger partial charge >= 0.3 is 0 Å². The van der Waals surface area contributed by atoms with Gasteiger partial charge in [-0.3, -0.25) is 14.6 Å². The number of nitrogens with one attached hydrogen (secondary N) is 2. The van der Waals surface area contributed by atoms with Crippen molar-refractivity contribution in [2.75, 3.05) is 26.7 Å². The zero-order valence-corrected chi connectivity index (χ0v) is 16.4. The van der Waals surface area contributed by atoms with Gasteiger partial charge in [-0.15, -0.1) is 0 Å². The van der Waals surface area contributed by atoms with Gasteiger partial charge in [0.05, 0.1) is 23.8 Å². The van der Waals surface area contributed by atoms with Crippen LogP contribution in [0.1, 0.15) is 24.3 Å². The summed E-state index contributed by atoms with van der Waals surface area (Å²) in [5, 5.41) is 5.30. The molecule has 6 heteroatoms. The number of aromatic nitrogens is 3. The topological polar surface area (TPSA) is 66.0 Å². The van der Waals surface area contributed by atoms with Gasteiger partial charge in [-0.25, -0.2) is 0 Å². The molecule has 2 aromatic carbocycles. The third-order valence-electron chi connectivity index (χ3n) is 6.91. The van der Waals surface area contributed by atoms with E-state index < -0.39 is 0 Å². The molecule has 0 radical (unpaired) electrons. The lowest BCUT2D eigenvalue weighted by atomic mass is 9.75. The molecule has 0 amide bonds. The van der Waals surface area contributed by atoms with E-state index in [2.05, 4.69) is 21.0 Å². The van der Waals surface area contributed by atoms with E-state index >= 15 is 0 Å². The van der Waals surface area contributed by atoms with E-state index in [4.69, 9.17) is 4.74 Å². The van der Waals surface area contributed by atoms with Crippen LogP contribution >= 0.6 is 0 Å². The Balaban J connectivity index is 1.55. The summed E-state index contributed by atoms with van der Waals surface area (Å²) in [5.41, 5.74) is 4.14. The van der Waals surface area contributed by atoms with Crippen LogP contribution in [0.25, 0.3) is 27.5 Å². The first kappa shape index (κ1) is 16.9. The first-order valence-corrected chi connectivity index (χ1v) is 10.3. The van der Waals surface area contributed by atoms with Gasteiger partial charge in [0.25, 0.3) is 0 Å². The molecule has 3 fully saturated rings. The minimum atomic E-state index is 0.180. The zero-order chi connectivity index (χ0) is 19.5. The van der Waals surface area contributed by atoms with Crippen molar-refractivity contribution in [1.82, 2.24) is 19.7 Å². The van der Waals surface area contributed by atoms with Crippen LogP contribution in [0.5, 0.6) is 5.75 Å². The molecule has 2 bridgehead atoms. The maximum absolute atomic E-state index is 13.5. The highest BCUT2D eigenvalue weighted by atomic mass is 16.5. The predicted molar refractivity (Wildman–Crippen MR) is 114 cm³/mol. The summed E-state index contributed by atoms with van der Waals surface area (Å²) in [5.74, 6) is 1.79. The number of fused-ring (bicyclic) bond motifs is 3. The first-order valence-electron chi connectivity index (χ1n) is 10.3. The smallest absolute Gasteiger partial charge is 0.191 e. The largest absolute Gasteiger partial charge is 0.497 e. The van der Waals surface area contributed by atoms with Crippen molar-refractivity contribution < 1.29 is 4.74 Å². The number of piperidine rings is 3. The Hall–Kier alpha value is -2.99. The van der Waals surface area contributed by atoms with Crippen LogP contribution in [0.4, 0.5) is 0 Å². The predicted octanol–water partition coefficient (Wildman–Crippen LogP) is 3.62. The number of nitrogens with zero attached hydrogens (tertiary/aromatic N) is 2. The summed E-state index contributed by atoms with van der Waals surface area (Å²) < 4.78 is 7.32.